The fourth-order valence-corrected chi connectivity index (χ4v) is 4.19. The summed E-state index contributed by atoms with van der Waals surface area (Å²) in [5.74, 6) is -0.538. The highest BCUT2D eigenvalue weighted by atomic mass is 32.1. The smallest absolute Gasteiger partial charge is 0.251 e. The van der Waals surface area contributed by atoms with E-state index in [0.717, 1.165) is 24.9 Å². The highest BCUT2D eigenvalue weighted by Crippen LogP contribution is 2.25. The van der Waals surface area contributed by atoms with Crippen LogP contribution in [0.1, 0.15) is 35.7 Å². The zero-order valence-corrected chi connectivity index (χ0v) is 17.3. The molecule has 3 amide bonds. The second-order valence-corrected chi connectivity index (χ2v) is 8.10. The normalized spacial score (nSPS) is 18.1. The van der Waals surface area contributed by atoms with E-state index in [1.165, 1.54) is 11.3 Å². The summed E-state index contributed by atoms with van der Waals surface area (Å²) in [5.41, 5.74) is 6.54. The van der Waals surface area contributed by atoms with Gasteiger partial charge in [-0.05, 0) is 56.3 Å². The number of thiophene rings is 1. The quantitative estimate of drug-likeness (QED) is 0.669. The van der Waals surface area contributed by atoms with Gasteiger partial charge in [-0.15, -0.1) is 11.3 Å². The van der Waals surface area contributed by atoms with Crippen LogP contribution in [0.4, 0.5) is 10.8 Å². The molecule has 9 heteroatoms. The van der Waals surface area contributed by atoms with Crippen LogP contribution in [0, 0.1) is 12.8 Å². The van der Waals surface area contributed by atoms with Gasteiger partial charge in [-0.3, -0.25) is 19.3 Å². The van der Waals surface area contributed by atoms with Crippen molar-refractivity contribution < 1.29 is 14.4 Å². The van der Waals surface area contributed by atoms with Gasteiger partial charge in [0.2, 0.25) is 11.8 Å². The molecule has 0 saturated carbocycles. The topological polar surface area (TPSA) is 117 Å². The number of aromatic nitrogens is 1. The number of carbonyl (C=O) groups excluding carboxylic acids is 3. The Labute approximate surface area is 173 Å². The number of aryl methyl sites for hydroxylation is 1. The Morgan fingerprint density at radius 1 is 1.31 bits per heavy atom. The average molecular weight is 416 g/mol. The number of nitrogens with zero attached hydrogens (tertiary/aromatic N) is 2. The maximum Gasteiger partial charge on any atom is 0.251 e. The molecule has 2 atom stereocenters. The van der Waals surface area contributed by atoms with Crippen molar-refractivity contribution in [2.75, 3.05) is 23.7 Å². The number of anilines is 2. The third-order valence-electron chi connectivity index (χ3n) is 5.17. The summed E-state index contributed by atoms with van der Waals surface area (Å²) < 4.78 is 0. The fourth-order valence-electron chi connectivity index (χ4n) is 3.39. The van der Waals surface area contributed by atoms with Crippen LogP contribution in [0.25, 0.3) is 0 Å². The van der Waals surface area contributed by atoms with Crippen molar-refractivity contribution in [1.29, 1.82) is 0 Å². The zero-order chi connectivity index (χ0) is 21.0. The lowest BCUT2D eigenvalue weighted by atomic mass is 9.95. The summed E-state index contributed by atoms with van der Waals surface area (Å²) in [4.78, 5) is 43.0. The Hall–Kier alpha value is -2.78. The maximum atomic E-state index is 12.7. The number of nitrogens with two attached hydrogens (primary N) is 1. The number of carbonyl (C=O) groups is 3. The van der Waals surface area contributed by atoms with Gasteiger partial charge in [-0.2, -0.15) is 0 Å². The molecule has 1 aliphatic rings. The van der Waals surface area contributed by atoms with Crippen molar-refractivity contribution in [3.05, 3.63) is 40.9 Å². The molecule has 2 aromatic rings. The van der Waals surface area contributed by atoms with Crippen LogP contribution in [0.3, 0.4) is 0 Å². The van der Waals surface area contributed by atoms with Crippen molar-refractivity contribution in [2.45, 2.75) is 32.7 Å². The highest BCUT2D eigenvalue weighted by molar-refractivity contribution is 7.14. The molecule has 154 valence electrons. The van der Waals surface area contributed by atoms with E-state index in [9.17, 15) is 14.4 Å². The first kappa shape index (κ1) is 20.9. The molecule has 1 fully saturated rings. The van der Waals surface area contributed by atoms with Gasteiger partial charge in [0, 0.05) is 12.7 Å². The first-order chi connectivity index (χ1) is 13.9. The second-order valence-electron chi connectivity index (χ2n) is 7.19. The fraction of sp³-hybridized carbons (Fsp3) is 0.400. The van der Waals surface area contributed by atoms with Gasteiger partial charge >= 0.3 is 0 Å². The van der Waals surface area contributed by atoms with Gasteiger partial charge in [0.15, 0.2) is 0 Å². The second kappa shape index (κ2) is 9.15. The molecule has 1 aliphatic heterocycles. The summed E-state index contributed by atoms with van der Waals surface area (Å²) in [6.07, 6.45) is 3.23. The number of nitrogens with one attached hydrogen (secondary N) is 2. The molecule has 0 bridgehead atoms. The van der Waals surface area contributed by atoms with Crippen LogP contribution in [-0.2, 0) is 9.59 Å². The monoisotopic (exact) mass is 415 g/mol. The predicted octanol–water partition coefficient (Wildman–Crippen LogP) is 2.23. The van der Waals surface area contributed by atoms with Gasteiger partial charge in [-0.25, -0.2) is 4.98 Å². The summed E-state index contributed by atoms with van der Waals surface area (Å²) in [5, 5.41) is 7.84. The summed E-state index contributed by atoms with van der Waals surface area (Å²) >= 11 is 1.26. The SMILES string of the molecule is Cc1cccnc1NC(=O)[C@@H]1CCCN([C@H](C)C(=O)Nc2sccc2C(N)=O)C1. The van der Waals surface area contributed by atoms with E-state index >= 15 is 0 Å². The molecule has 8 nitrogen and oxygen atoms in total. The van der Waals surface area contributed by atoms with Crippen LogP contribution in [0.5, 0.6) is 0 Å². The summed E-state index contributed by atoms with van der Waals surface area (Å²) in [6, 6.07) is 4.87. The Bertz CT molecular complexity index is 913. The Morgan fingerprint density at radius 3 is 2.83 bits per heavy atom. The van der Waals surface area contributed by atoms with Crippen molar-refractivity contribution in [3.63, 3.8) is 0 Å². The molecule has 0 spiro atoms. The Kier molecular flexibility index (Phi) is 6.60. The molecule has 3 heterocycles. The predicted molar refractivity (Wildman–Crippen MR) is 113 cm³/mol. The molecule has 2 aromatic heterocycles. The van der Waals surface area contributed by atoms with Gasteiger partial charge < -0.3 is 16.4 Å². The first-order valence-electron chi connectivity index (χ1n) is 9.51. The van der Waals surface area contributed by atoms with Gasteiger partial charge in [0.05, 0.1) is 17.5 Å². The lowest BCUT2D eigenvalue weighted by molar-refractivity contribution is -0.125. The minimum atomic E-state index is -0.575. The number of hydrogen-bond acceptors (Lipinski definition) is 6. The van der Waals surface area contributed by atoms with E-state index in [1.807, 2.05) is 24.0 Å². The number of rotatable bonds is 6. The van der Waals surface area contributed by atoms with Gasteiger partial charge in [0.25, 0.3) is 5.91 Å². The van der Waals surface area contributed by atoms with Crippen molar-refractivity contribution in [3.8, 4) is 0 Å². The van der Waals surface area contributed by atoms with E-state index in [-0.39, 0.29) is 17.7 Å². The average Bonchev–Trinajstić information content (AvgIpc) is 3.17. The number of primary amides is 1. The zero-order valence-electron chi connectivity index (χ0n) is 16.5. The summed E-state index contributed by atoms with van der Waals surface area (Å²) in [6.45, 7) is 4.91. The van der Waals surface area contributed by atoms with Crippen LogP contribution in [0.2, 0.25) is 0 Å². The standard InChI is InChI=1S/C20H25N5O3S/c1-12-5-3-8-22-17(12)23-19(28)14-6-4-9-25(11-14)13(2)18(27)24-20-15(16(21)26)7-10-29-20/h3,5,7-8,10,13-14H,4,6,9,11H2,1-2H3,(H2,21,26)(H,24,27)(H,22,23,28)/t13-,14-/m1/s1. The van der Waals surface area contributed by atoms with Crippen LogP contribution >= 0.6 is 11.3 Å². The number of hydrogen-bond donors (Lipinski definition) is 3. The van der Waals surface area contributed by atoms with Crippen LogP contribution in [-0.4, -0.2) is 46.7 Å². The third-order valence-corrected chi connectivity index (χ3v) is 6.00. The Balaban J connectivity index is 1.61. The van der Waals surface area contributed by atoms with E-state index in [4.69, 9.17) is 5.73 Å². The van der Waals surface area contributed by atoms with Crippen molar-refractivity contribution >= 4 is 39.9 Å². The van der Waals surface area contributed by atoms with Crippen LogP contribution in [0.15, 0.2) is 29.8 Å². The molecule has 3 rings (SSSR count). The van der Waals surface area contributed by atoms with Gasteiger partial charge in [0.1, 0.15) is 10.8 Å². The number of likely N-dealkylation sites (tertiary alicyclic amines) is 1. The molecule has 0 aliphatic carbocycles. The maximum absolute atomic E-state index is 12.7. The molecule has 1 saturated heterocycles. The van der Waals surface area contributed by atoms with Crippen molar-refractivity contribution in [1.82, 2.24) is 9.88 Å². The van der Waals surface area contributed by atoms with Crippen LogP contribution < -0.4 is 16.4 Å². The molecule has 0 unspecified atom stereocenters. The first-order valence-corrected chi connectivity index (χ1v) is 10.4. The van der Waals surface area contributed by atoms with Crippen molar-refractivity contribution in [2.24, 2.45) is 11.7 Å². The molecule has 4 N–H and O–H groups in total. The van der Waals surface area contributed by atoms with E-state index in [1.54, 1.807) is 24.6 Å². The largest absolute Gasteiger partial charge is 0.366 e. The molecular formula is C20H25N5O3S. The number of pyridine rings is 1. The number of amides is 3. The molecule has 0 aromatic carbocycles. The summed E-state index contributed by atoms with van der Waals surface area (Å²) in [7, 11) is 0. The number of piperidine rings is 1. The minimum Gasteiger partial charge on any atom is -0.366 e. The lowest BCUT2D eigenvalue weighted by Gasteiger charge is -2.35. The molecule has 0 radical (unpaired) electrons. The third kappa shape index (κ3) is 4.99. The van der Waals surface area contributed by atoms with E-state index < -0.39 is 11.9 Å². The van der Waals surface area contributed by atoms with Gasteiger partial charge in [-0.1, -0.05) is 6.07 Å². The molecule has 29 heavy (non-hydrogen) atoms. The highest BCUT2D eigenvalue weighted by Gasteiger charge is 2.31. The Morgan fingerprint density at radius 2 is 2.10 bits per heavy atom. The molecular weight excluding hydrogens is 390 g/mol. The minimum absolute atomic E-state index is 0.0848. The lowest BCUT2D eigenvalue weighted by Crippen LogP contribution is -2.49. The van der Waals surface area contributed by atoms with E-state index in [2.05, 4.69) is 15.6 Å². The van der Waals surface area contributed by atoms with E-state index in [0.29, 0.717) is 22.9 Å².